The molecule has 1 heterocycles. The molecular formula is C12H13ClN4O. The van der Waals surface area contributed by atoms with Crippen molar-refractivity contribution in [2.45, 2.75) is 13.0 Å². The van der Waals surface area contributed by atoms with Crippen molar-refractivity contribution in [3.05, 3.63) is 46.6 Å². The number of benzene rings is 1. The molecule has 0 aliphatic carbocycles. The molecule has 0 radical (unpaired) electrons. The van der Waals surface area contributed by atoms with Gasteiger partial charge in [-0.25, -0.2) is 0 Å². The number of hydrogen-bond donors (Lipinski definition) is 3. The van der Waals surface area contributed by atoms with Crippen LogP contribution in [0.2, 0.25) is 5.02 Å². The third kappa shape index (κ3) is 2.62. The number of aromatic nitrogens is 2. The van der Waals surface area contributed by atoms with Gasteiger partial charge in [0.25, 0.3) is 5.91 Å². The molecule has 1 aromatic carbocycles. The Labute approximate surface area is 109 Å². The topological polar surface area (TPSA) is 83.8 Å². The molecule has 1 amide bonds. The van der Waals surface area contributed by atoms with E-state index in [-0.39, 0.29) is 17.8 Å². The van der Waals surface area contributed by atoms with E-state index in [2.05, 4.69) is 15.5 Å². The molecule has 6 heteroatoms. The van der Waals surface area contributed by atoms with E-state index in [1.54, 1.807) is 6.07 Å². The largest absolute Gasteiger partial charge is 0.383 e. The summed E-state index contributed by atoms with van der Waals surface area (Å²) < 4.78 is 0. The van der Waals surface area contributed by atoms with E-state index >= 15 is 0 Å². The standard InChI is InChI=1S/C12H13ClN4O/c1-7(8-3-2-4-9(13)5-8)16-12(18)10-6-15-17-11(10)14/h2-7H,1H3,(H,16,18)(H3,14,15,17). The van der Waals surface area contributed by atoms with Crippen LogP contribution >= 0.6 is 11.6 Å². The van der Waals surface area contributed by atoms with Crippen LogP contribution in [0.4, 0.5) is 5.82 Å². The quantitative estimate of drug-likeness (QED) is 0.794. The van der Waals surface area contributed by atoms with Crippen molar-refractivity contribution in [2.24, 2.45) is 0 Å². The molecule has 2 rings (SSSR count). The highest BCUT2D eigenvalue weighted by molar-refractivity contribution is 6.30. The van der Waals surface area contributed by atoms with Crippen LogP contribution in [0, 0.1) is 0 Å². The Bertz CT molecular complexity index is 567. The van der Waals surface area contributed by atoms with Crippen LogP contribution in [-0.2, 0) is 0 Å². The zero-order chi connectivity index (χ0) is 13.1. The lowest BCUT2D eigenvalue weighted by Gasteiger charge is -2.14. The molecule has 4 N–H and O–H groups in total. The average molecular weight is 265 g/mol. The first-order valence-electron chi connectivity index (χ1n) is 5.43. The molecule has 0 saturated carbocycles. The Morgan fingerprint density at radius 1 is 1.56 bits per heavy atom. The van der Waals surface area contributed by atoms with Gasteiger partial charge in [-0.3, -0.25) is 9.89 Å². The summed E-state index contributed by atoms with van der Waals surface area (Å²) in [7, 11) is 0. The lowest BCUT2D eigenvalue weighted by molar-refractivity contribution is 0.0941. The summed E-state index contributed by atoms with van der Waals surface area (Å²) in [5, 5.41) is 9.69. The first-order valence-corrected chi connectivity index (χ1v) is 5.81. The van der Waals surface area contributed by atoms with E-state index in [9.17, 15) is 4.79 Å². The monoisotopic (exact) mass is 264 g/mol. The van der Waals surface area contributed by atoms with Gasteiger partial charge in [0.2, 0.25) is 0 Å². The van der Waals surface area contributed by atoms with Crippen LogP contribution in [0.5, 0.6) is 0 Å². The van der Waals surface area contributed by atoms with Crippen LogP contribution in [0.25, 0.3) is 0 Å². The van der Waals surface area contributed by atoms with Crippen molar-refractivity contribution in [2.75, 3.05) is 5.73 Å². The zero-order valence-corrected chi connectivity index (χ0v) is 10.5. The van der Waals surface area contributed by atoms with E-state index in [1.165, 1.54) is 6.20 Å². The first-order chi connectivity index (χ1) is 8.58. The molecule has 18 heavy (non-hydrogen) atoms. The predicted octanol–water partition coefficient (Wildman–Crippen LogP) is 2.14. The maximum atomic E-state index is 11.9. The minimum atomic E-state index is -0.270. The number of nitrogens with one attached hydrogen (secondary N) is 2. The van der Waals surface area contributed by atoms with Crippen LogP contribution in [-0.4, -0.2) is 16.1 Å². The number of rotatable bonds is 3. The number of H-pyrrole nitrogens is 1. The molecule has 0 saturated heterocycles. The van der Waals surface area contributed by atoms with E-state index in [4.69, 9.17) is 17.3 Å². The summed E-state index contributed by atoms with van der Waals surface area (Å²) >= 11 is 5.90. The second kappa shape index (κ2) is 5.10. The number of carbonyl (C=O) groups excluding carboxylic acids is 1. The third-order valence-corrected chi connectivity index (χ3v) is 2.84. The van der Waals surface area contributed by atoms with Crippen molar-refractivity contribution in [1.82, 2.24) is 15.5 Å². The molecule has 0 aliphatic rings. The smallest absolute Gasteiger partial charge is 0.257 e. The number of nitrogen functional groups attached to an aromatic ring is 1. The number of aromatic amines is 1. The normalized spacial score (nSPS) is 12.1. The predicted molar refractivity (Wildman–Crippen MR) is 70.3 cm³/mol. The van der Waals surface area contributed by atoms with Crippen molar-refractivity contribution in [3.63, 3.8) is 0 Å². The number of nitrogens with zero attached hydrogens (tertiary/aromatic N) is 1. The maximum absolute atomic E-state index is 11.9. The van der Waals surface area contributed by atoms with Gasteiger partial charge in [0.1, 0.15) is 11.4 Å². The lowest BCUT2D eigenvalue weighted by Crippen LogP contribution is -2.26. The van der Waals surface area contributed by atoms with Gasteiger partial charge in [-0.05, 0) is 24.6 Å². The number of nitrogens with two attached hydrogens (primary N) is 1. The van der Waals surface area contributed by atoms with Gasteiger partial charge >= 0.3 is 0 Å². The molecule has 0 spiro atoms. The van der Waals surface area contributed by atoms with Gasteiger partial charge in [-0.1, -0.05) is 23.7 Å². The van der Waals surface area contributed by atoms with Crippen LogP contribution in [0.1, 0.15) is 28.9 Å². The van der Waals surface area contributed by atoms with Crippen molar-refractivity contribution >= 4 is 23.3 Å². The van der Waals surface area contributed by atoms with E-state index in [1.807, 2.05) is 25.1 Å². The number of anilines is 1. The Morgan fingerprint density at radius 2 is 2.33 bits per heavy atom. The molecule has 5 nitrogen and oxygen atoms in total. The summed E-state index contributed by atoms with van der Waals surface area (Å²) in [5.74, 6) is -0.0143. The van der Waals surface area contributed by atoms with E-state index in [0.717, 1.165) is 5.56 Å². The Balaban J connectivity index is 2.10. The van der Waals surface area contributed by atoms with Crippen LogP contribution in [0.3, 0.4) is 0 Å². The first kappa shape index (κ1) is 12.4. The summed E-state index contributed by atoms with van der Waals surface area (Å²) in [4.78, 5) is 11.9. The van der Waals surface area contributed by atoms with E-state index < -0.39 is 0 Å². The molecule has 0 aliphatic heterocycles. The van der Waals surface area contributed by atoms with Crippen molar-refractivity contribution in [1.29, 1.82) is 0 Å². The second-order valence-electron chi connectivity index (χ2n) is 3.95. The van der Waals surface area contributed by atoms with Gasteiger partial charge < -0.3 is 11.1 Å². The molecule has 0 fully saturated rings. The zero-order valence-electron chi connectivity index (χ0n) is 9.77. The molecule has 1 unspecified atom stereocenters. The fourth-order valence-electron chi connectivity index (χ4n) is 1.61. The van der Waals surface area contributed by atoms with Crippen molar-refractivity contribution < 1.29 is 4.79 Å². The highest BCUT2D eigenvalue weighted by Gasteiger charge is 2.15. The molecule has 1 atom stereocenters. The minimum Gasteiger partial charge on any atom is -0.383 e. The number of hydrogen-bond acceptors (Lipinski definition) is 3. The Hall–Kier alpha value is -2.01. The highest BCUT2D eigenvalue weighted by atomic mass is 35.5. The third-order valence-electron chi connectivity index (χ3n) is 2.61. The molecular weight excluding hydrogens is 252 g/mol. The fourth-order valence-corrected chi connectivity index (χ4v) is 1.81. The Morgan fingerprint density at radius 3 is 2.94 bits per heavy atom. The summed E-state index contributed by atoms with van der Waals surface area (Å²) in [6, 6.07) is 7.17. The summed E-state index contributed by atoms with van der Waals surface area (Å²) in [6.07, 6.45) is 1.40. The number of carbonyl (C=O) groups is 1. The highest BCUT2D eigenvalue weighted by Crippen LogP contribution is 2.18. The van der Waals surface area contributed by atoms with Crippen LogP contribution < -0.4 is 11.1 Å². The van der Waals surface area contributed by atoms with Crippen LogP contribution in [0.15, 0.2) is 30.5 Å². The Kier molecular flexibility index (Phi) is 3.53. The molecule has 0 bridgehead atoms. The molecule has 1 aromatic heterocycles. The SMILES string of the molecule is CC(NC(=O)c1cn[nH]c1N)c1cccc(Cl)c1. The molecule has 2 aromatic rings. The van der Waals surface area contributed by atoms with E-state index in [0.29, 0.717) is 10.6 Å². The maximum Gasteiger partial charge on any atom is 0.257 e. The van der Waals surface area contributed by atoms with Gasteiger partial charge in [0.05, 0.1) is 12.2 Å². The van der Waals surface area contributed by atoms with Gasteiger partial charge in [0.15, 0.2) is 0 Å². The number of halogens is 1. The number of amides is 1. The summed E-state index contributed by atoms with van der Waals surface area (Å²) in [6.45, 7) is 1.87. The second-order valence-corrected chi connectivity index (χ2v) is 4.38. The summed E-state index contributed by atoms with van der Waals surface area (Å²) in [5.41, 5.74) is 6.85. The molecule has 94 valence electrons. The van der Waals surface area contributed by atoms with Gasteiger partial charge in [-0.2, -0.15) is 5.10 Å². The minimum absolute atomic E-state index is 0.162. The fraction of sp³-hybridized carbons (Fsp3) is 0.167. The average Bonchev–Trinajstić information content (AvgIpc) is 2.75. The lowest BCUT2D eigenvalue weighted by atomic mass is 10.1. The van der Waals surface area contributed by atoms with Gasteiger partial charge in [-0.15, -0.1) is 0 Å². The van der Waals surface area contributed by atoms with Gasteiger partial charge in [0, 0.05) is 5.02 Å². The van der Waals surface area contributed by atoms with Crippen molar-refractivity contribution in [3.8, 4) is 0 Å².